The van der Waals surface area contributed by atoms with Gasteiger partial charge in [0, 0.05) is 12.6 Å². The van der Waals surface area contributed by atoms with E-state index >= 15 is 0 Å². The molecule has 20 heavy (non-hydrogen) atoms. The Hall–Kier alpha value is -1.91. The van der Waals surface area contributed by atoms with Crippen LogP contribution in [0.4, 0.5) is 4.39 Å². The number of halogens is 1. The van der Waals surface area contributed by atoms with Gasteiger partial charge in [0.2, 0.25) is 0 Å². The van der Waals surface area contributed by atoms with E-state index < -0.39 is 0 Å². The zero-order chi connectivity index (χ0) is 14.4. The monoisotopic (exact) mass is 275 g/mol. The molecular formula is C16H18FNO2. The number of aliphatic hydroxyl groups is 1. The maximum atomic E-state index is 12.8. The number of rotatable bonds is 6. The summed E-state index contributed by atoms with van der Waals surface area (Å²) >= 11 is 0. The SMILES string of the molecule is N[C@H](CCO)c1ccc(OCc2ccc(F)cc2)cc1. The maximum absolute atomic E-state index is 12.8. The molecule has 1 atom stereocenters. The first-order valence-corrected chi connectivity index (χ1v) is 6.52. The molecule has 0 unspecified atom stereocenters. The van der Waals surface area contributed by atoms with E-state index in [1.807, 2.05) is 24.3 Å². The molecule has 0 aromatic heterocycles. The highest BCUT2D eigenvalue weighted by molar-refractivity contribution is 5.29. The van der Waals surface area contributed by atoms with E-state index in [0.717, 1.165) is 16.9 Å². The third kappa shape index (κ3) is 4.05. The number of hydrogen-bond acceptors (Lipinski definition) is 3. The van der Waals surface area contributed by atoms with Crippen molar-refractivity contribution in [2.45, 2.75) is 19.1 Å². The van der Waals surface area contributed by atoms with Gasteiger partial charge in [-0.2, -0.15) is 0 Å². The van der Waals surface area contributed by atoms with Gasteiger partial charge in [-0.3, -0.25) is 0 Å². The quantitative estimate of drug-likeness (QED) is 0.852. The topological polar surface area (TPSA) is 55.5 Å². The van der Waals surface area contributed by atoms with Crippen LogP contribution in [0.25, 0.3) is 0 Å². The molecule has 3 N–H and O–H groups in total. The van der Waals surface area contributed by atoms with Gasteiger partial charge in [0.25, 0.3) is 0 Å². The van der Waals surface area contributed by atoms with Crippen molar-refractivity contribution in [3.8, 4) is 5.75 Å². The summed E-state index contributed by atoms with van der Waals surface area (Å²) in [5.41, 5.74) is 7.77. The Labute approximate surface area is 117 Å². The fourth-order valence-corrected chi connectivity index (χ4v) is 1.86. The number of nitrogens with two attached hydrogens (primary N) is 1. The lowest BCUT2D eigenvalue weighted by molar-refractivity contribution is 0.276. The van der Waals surface area contributed by atoms with Crippen molar-refractivity contribution < 1.29 is 14.2 Å². The summed E-state index contributed by atoms with van der Waals surface area (Å²) in [6.45, 7) is 0.465. The molecule has 0 bridgehead atoms. The van der Waals surface area contributed by atoms with Crippen LogP contribution in [0.1, 0.15) is 23.6 Å². The Morgan fingerprint density at radius 3 is 2.30 bits per heavy atom. The first-order valence-electron chi connectivity index (χ1n) is 6.52. The van der Waals surface area contributed by atoms with Gasteiger partial charge in [-0.05, 0) is 41.8 Å². The van der Waals surface area contributed by atoms with Crippen LogP contribution in [0.3, 0.4) is 0 Å². The molecule has 0 radical (unpaired) electrons. The fourth-order valence-electron chi connectivity index (χ4n) is 1.86. The Kier molecular flexibility index (Phi) is 5.09. The second-order valence-electron chi connectivity index (χ2n) is 4.60. The maximum Gasteiger partial charge on any atom is 0.123 e. The van der Waals surface area contributed by atoms with Gasteiger partial charge in [-0.15, -0.1) is 0 Å². The minimum Gasteiger partial charge on any atom is -0.489 e. The van der Waals surface area contributed by atoms with E-state index in [2.05, 4.69) is 0 Å². The fraction of sp³-hybridized carbons (Fsp3) is 0.250. The van der Waals surface area contributed by atoms with Gasteiger partial charge < -0.3 is 15.6 Å². The summed E-state index contributed by atoms with van der Waals surface area (Å²) in [6, 6.07) is 13.5. The summed E-state index contributed by atoms with van der Waals surface area (Å²) in [5, 5.41) is 8.85. The van der Waals surface area contributed by atoms with Gasteiger partial charge in [-0.1, -0.05) is 24.3 Å². The molecule has 0 aliphatic carbocycles. The lowest BCUT2D eigenvalue weighted by atomic mass is 10.1. The average Bonchev–Trinajstić information content (AvgIpc) is 2.47. The molecule has 0 amide bonds. The largest absolute Gasteiger partial charge is 0.489 e. The molecule has 2 rings (SSSR count). The molecule has 0 saturated heterocycles. The van der Waals surface area contributed by atoms with Crippen molar-refractivity contribution >= 4 is 0 Å². The predicted octanol–water partition coefficient (Wildman–Crippen LogP) is 2.79. The van der Waals surface area contributed by atoms with Crippen LogP contribution in [0.5, 0.6) is 5.75 Å². The van der Waals surface area contributed by atoms with E-state index in [1.165, 1.54) is 12.1 Å². The first kappa shape index (κ1) is 14.5. The molecule has 4 heteroatoms. The number of hydrogen-bond donors (Lipinski definition) is 2. The van der Waals surface area contributed by atoms with Crippen LogP contribution < -0.4 is 10.5 Å². The van der Waals surface area contributed by atoms with E-state index in [4.69, 9.17) is 15.6 Å². The summed E-state index contributed by atoms with van der Waals surface area (Å²) in [5.74, 6) is 0.477. The molecule has 0 spiro atoms. The Bertz CT molecular complexity index is 525. The van der Waals surface area contributed by atoms with Crippen LogP contribution in [0.2, 0.25) is 0 Å². The molecule has 3 nitrogen and oxygen atoms in total. The van der Waals surface area contributed by atoms with Gasteiger partial charge in [0.1, 0.15) is 18.2 Å². The number of benzene rings is 2. The molecule has 0 saturated carbocycles. The highest BCUT2D eigenvalue weighted by Gasteiger charge is 2.05. The highest BCUT2D eigenvalue weighted by atomic mass is 19.1. The zero-order valence-electron chi connectivity index (χ0n) is 11.1. The van der Waals surface area contributed by atoms with Crippen molar-refractivity contribution in [2.75, 3.05) is 6.61 Å². The minimum absolute atomic E-state index is 0.0734. The summed E-state index contributed by atoms with van der Waals surface area (Å²) in [6.07, 6.45) is 0.537. The van der Waals surface area contributed by atoms with Crippen molar-refractivity contribution in [1.29, 1.82) is 0 Å². The second-order valence-corrected chi connectivity index (χ2v) is 4.60. The van der Waals surface area contributed by atoms with Crippen LogP contribution in [0.15, 0.2) is 48.5 Å². The summed E-state index contributed by atoms with van der Waals surface area (Å²) < 4.78 is 18.4. The molecule has 0 fully saturated rings. The predicted molar refractivity (Wildman–Crippen MR) is 75.8 cm³/mol. The van der Waals surface area contributed by atoms with Crippen LogP contribution in [-0.2, 0) is 6.61 Å². The van der Waals surface area contributed by atoms with Gasteiger partial charge >= 0.3 is 0 Å². The van der Waals surface area contributed by atoms with Crippen LogP contribution in [0, 0.1) is 5.82 Å². The van der Waals surface area contributed by atoms with E-state index in [9.17, 15) is 4.39 Å². The van der Waals surface area contributed by atoms with E-state index in [1.54, 1.807) is 12.1 Å². The lowest BCUT2D eigenvalue weighted by Crippen LogP contribution is -2.11. The molecule has 106 valence electrons. The smallest absolute Gasteiger partial charge is 0.123 e. The van der Waals surface area contributed by atoms with Crippen molar-refractivity contribution in [3.05, 3.63) is 65.5 Å². The van der Waals surface area contributed by atoms with Gasteiger partial charge in [0.05, 0.1) is 0 Å². The Morgan fingerprint density at radius 1 is 1.05 bits per heavy atom. The second kappa shape index (κ2) is 7.03. The Morgan fingerprint density at radius 2 is 1.70 bits per heavy atom. The van der Waals surface area contributed by atoms with Crippen molar-refractivity contribution in [2.24, 2.45) is 5.73 Å². The van der Waals surface area contributed by atoms with Gasteiger partial charge in [0.15, 0.2) is 0 Å². The van der Waals surface area contributed by atoms with Crippen molar-refractivity contribution in [1.82, 2.24) is 0 Å². The summed E-state index contributed by atoms with van der Waals surface area (Å²) in [7, 11) is 0. The standard InChI is InChI=1S/C16H18FNO2/c17-14-5-1-12(2-6-14)11-20-15-7-3-13(4-8-15)16(18)9-10-19/h1-8,16,19H,9-11,18H2/t16-/m1/s1. The first-order chi connectivity index (χ1) is 9.69. The van der Waals surface area contributed by atoms with Gasteiger partial charge in [-0.25, -0.2) is 4.39 Å². The molecule has 2 aromatic rings. The molecule has 0 aliphatic rings. The molecule has 0 aliphatic heterocycles. The minimum atomic E-state index is -0.254. The molecule has 0 heterocycles. The lowest BCUT2D eigenvalue weighted by Gasteiger charge is -2.11. The third-order valence-corrected chi connectivity index (χ3v) is 3.07. The molecule has 2 aromatic carbocycles. The number of ether oxygens (including phenoxy) is 1. The van der Waals surface area contributed by atoms with Crippen LogP contribution in [-0.4, -0.2) is 11.7 Å². The third-order valence-electron chi connectivity index (χ3n) is 3.07. The van der Waals surface area contributed by atoms with Crippen LogP contribution >= 0.6 is 0 Å². The van der Waals surface area contributed by atoms with Crippen molar-refractivity contribution in [3.63, 3.8) is 0 Å². The summed E-state index contributed by atoms with van der Waals surface area (Å²) in [4.78, 5) is 0. The zero-order valence-corrected chi connectivity index (χ0v) is 11.1. The van der Waals surface area contributed by atoms with E-state index in [0.29, 0.717) is 13.0 Å². The van der Waals surface area contributed by atoms with E-state index in [-0.39, 0.29) is 18.5 Å². The Balaban J connectivity index is 1.92. The highest BCUT2D eigenvalue weighted by Crippen LogP contribution is 2.19. The molecular weight excluding hydrogens is 257 g/mol. The normalized spacial score (nSPS) is 12.2. The number of aliphatic hydroxyl groups excluding tert-OH is 1. The average molecular weight is 275 g/mol.